The molecule has 140 valence electrons. The van der Waals surface area contributed by atoms with Gasteiger partial charge >= 0.3 is 29.6 Å². The fourth-order valence-corrected chi connectivity index (χ4v) is 3.02. The Morgan fingerprint density at radius 1 is 1.04 bits per heavy atom. The molecule has 27 heavy (non-hydrogen) atoms. The van der Waals surface area contributed by atoms with Crippen LogP contribution in [0, 0.1) is 11.8 Å². The molecule has 1 saturated carbocycles. The second kappa shape index (κ2) is 11.1. The molecule has 1 aromatic carbocycles. The molecule has 2 atom stereocenters. The molecule has 0 bridgehead atoms. The van der Waals surface area contributed by atoms with Crippen LogP contribution >= 0.6 is 0 Å². The second-order valence-electron chi connectivity index (χ2n) is 6.44. The third kappa shape index (κ3) is 7.32. The number of hydrogen-bond acceptors (Lipinski definition) is 5. The first kappa shape index (κ1) is 23.1. The van der Waals surface area contributed by atoms with Crippen molar-refractivity contribution in [3.63, 3.8) is 0 Å². The molecular formula is C18H22N3NaO5. The summed E-state index contributed by atoms with van der Waals surface area (Å²) in [5, 5.41) is 16.2. The minimum atomic E-state index is -1.09. The normalized spacial score (nSPS) is 18.7. The van der Waals surface area contributed by atoms with E-state index in [0.717, 1.165) is 5.56 Å². The van der Waals surface area contributed by atoms with Gasteiger partial charge in [0.15, 0.2) is 0 Å². The van der Waals surface area contributed by atoms with Gasteiger partial charge in [-0.05, 0) is 42.9 Å². The van der Waals surface area contributed by atoms with Gasteiger partial charge < -0.3 is 26.3 Å². The van der Waals surface area contributed by atoms with E-state index in [2.05, 4.69) is 10.6 Å². The number of carbonyl (C=O) groups excluding carboxylic acids is 4. The number of carbonyl (C=O) groups is 4. The second-order valence-corrected chi connectivity index (χ2v) is 6.44. The van der Waals surface area contributed by atoms with Crippen molar-refractivity contribution in [1.82, 2.24) is 10.6 Å². The van der Waals surface area contributed by atoms with Gasteiger partial charge in [0.1, 0.15) is 0 Å². The number of carboxylic acids is 1. The molecule has 9 heteroatoms. The summed E-state index contributed by atoms with van der Waals surface area (Å²) in [6.07, 6.45) is 2.25. The van der Waals surface area contributed by atoms with Crippen LogP contribution in [0.25, 0.3) is 0 Å². The molecule has 3 amide bonds. The van der Waals surface area contributed by atoms with E-state index in [-0.39, 0.29) is 54.5 Å². The SMILES string of the molecule is NC(=O)CNC(=O)c1ccc(CNC(=O)[C@@H]2CCC[C@H](C(=O)[O-])C2)cc1.[Na+]. The number of primary amides is 1. The van der Waals surface area contributed by atoms with E-state index < -0.39 is 23.7 Å². The maximum Gasteiger partial charge on any atom is 1.00 e. The summed E-state index contributed by atoms with van der Waals surface area (Å²) in [4.78, 5) is 45.6. The minimum absolute atomic E-state index is 0. The van der Waals surface area contributed by atoms with E-state index in [1.807, 2.05) is 0 Å². The van der Waals surface area contributed by atoms with Crippen LogP contribution in [0.4, 0.5) is 0 Å². The first-order valence-corrected chi connectivity index (χ1v) is 8.51. The number of amides is 3. The number of benzene rings is 1. The molecule has 4 N–H and O–H groups in total. The van der Waals surface area contributed by atoms with Gasteiger partial charge in [-0.1, -0.05) is 18.6 Å². The summed E-state index contributed by atoms with van der Waals surface area (Å²) in [7, 11) is 0. The average molecular weight is 383 g/mol. The maximum atomic E-state index is 12.2. The smallest absolute Gasteiger partial charge is 0.550 e. The van der Waals surface area contributed by atoms with Crippen molar-refractivity contribution in [3.8, 4) is 0 Å². The molecule has 2 rings (SSSR count). The third-order valence-electron chi connectivity index (χ3n) is 4.48. The minimum Gasteiger partial charge on any atom is -0.550 e. The molecule has 1 aromatic rings. The average Bonchev–Trinajstić information content (AvgIpc) is 2.64. The van der Waals surface area contributed by atoms with Crippen molar-refractivity contribution in [3.05, 3.63) is 35.4 Å². The summed E-state index contributed by atoms with van der Waals surface area (Å²) in [5.74, 6) is -3.16. The van der Waals surface area contributed by atoms with Crippen molar-refractivity contribution in [2.75, 3.05) is 6.54 Å². The largest absolute Gasteiger partial charge is 1.00 e. The van der Waals surface area contributed by atoms with E-state index in [1.165, 1.54) is 0 Å². The van der Waals surface area contributed by atoms with Crippen LogP contribution in [0.1, 0.15) is 41.6 Å². The zero-order valence-corrected chi connectivity index (χ0v) is 17.3. The summed E-state index contributed by atoms with van der Waals surface area (Å²) in [5.41, 5.74) is 6.15. The topological polar surface area (TPSA) is 141 Å². The molecule has 0 unspecified atom stereocenters. The fourth-order valence-electron chi connectivity index (χ4n) is 3.02. The number of aliphatic carboxylic acids is 1. The predicted molar refractivity (Wildman–Crippen MR) is 90.3 cm³/mol. The van der Waals surface area contributed by atoms with Gasteiger partial charge in [-0.15, -0.1) is 0 Å². The molecule has 0 spiro atoms. The number of nitrogens with two attached hydrogens (primary N) is 1. The van der Waals surface area contributed by atoms with Gasteiger partial charge in [0.05, 0.1) is 6.54 Å². The van der Waals surface area contributed by atoms with Crippen LogP contribution in [0.5, 0.6) is 0 Å². The molecular weight excluding hydrogens is 361 g/mol. The van der Waals surface area contributed by atoms with Crippen molar-refractivity contribution in [2.45, 2.75) is 32.2 Å². The van der Waals surface area contributed by atoms with Gasteiger partial charge in [-0.3, -0.25) is 14.4 Å². The summed E-state index contributed by atoms with van der Waals surface area (Å²) >= 11 is 0. The Hall–Kier alpha value is -1.90. The van der Waals surface area contributed by atoms with Crippen LogP contribution in [-0.4, -0.2) is 30.2 Å². The Morgan fingerprint density at radius 2 is 1.67 bits per heavy atom. The Balaban J connectivity index is 0.00000364. The van der Waals surface area contributed by atoms with Crippen LogP contribution in [0.15, 0.2) is 24.3 Å². The molecule has 0 saturated heterocycles. The van der Waals surface area contributed by atoms with Gasteiger partial charge in [0.25, 0.3) is 5.91 Å². The van der Waals surface area contributed by atoms with E-state index in [4.69, 9.17) is 5.73 Å². The molecule has 0 heterocycles. The van der Waals surface area contributed by atoms with Crippen LogP contribution in [0.2, 0.25) is 0 Å². The summed E-state index contributed by atoms with van der Waals surface area (Å²) < 4.78 is 0. The molecule has 0 aromatic heterocycles. The standard InChI is InChI=1S/C18H23N3O5.Na/c19-15(22)10-21-16(23)12-6-4-11(5-7-12)9-20-17(24)13-2-1-3-14(8-13)18(25)26;/h4-7,13-14H,1-3,8-10H2,(H2,19,22)(H,20,24)(H,21,23)(H,25,26);/q;+1/p-1/t13-,14+;/m1./s1. The van der Waals surface area contributed by atoms with Crippen molar-refractivity contribution in [2.24, 2.45) is 17.6 Å². The van der Waals surface area contributed by atoms with E-state index >= 15 is 0 Å². The van der Waals surface area contributed by atoms with E-state index in [0.29, 0.717) is 31.2 Å². The van der Waals surface area contributed by atoms with Crippen molar-refractivity contribution >= 4 is 23.7 Å². The van der Waals surface area contributed by atoms with Gasteiger partial charge in [0, 0.05) is 24.0 Å². The van der Waals surface area contributed by atoms with E-state index in [9.17, 15) is 24.3 Å². The fraction of sp³-hybridized carbons (Fsp3) is 0.444. The quantitative estimate of drug-likeness (QED) is 0.413. The maximum absolute atomic E-state index is 12.2. The van der Waals surface area contributed by atoms with Gasteiger partial charge in [-0.2, -0.15) is 0 Å². The first-order chi connectivity index (χ1) is 12.4. The number of hydrogen-bond donors (Lipinski definition) is 3. The number of rotatable bonds is 7. The molecule has 8 nitrogen and oxygen atoms in total. The Kier molecular flexibility index (Phi) is 9.48. The zero-order chi connectivity index (χ0) is 19.1. The molecule has 0 aliphatic heterocycles. The monoisotopic (exact) mass is 383 g/mol. The van der Waals surface area contributed by atoms with E-state index in [1.54, 1.807) is 24.3 Å². The molecule has 1 aliphatic carbocycles. The Labute approximate surface area is 179 Å². The summed E-state index contributed by atoms with van der Waals surface area (Å²) in [6.45, 7) is 0.0550. The number of nitrogens with one attached hydrogen (secondary N) is 2. The van der Waals surface area contributed by atoms with Crippen LogP contribution < -0.4 is 51.0 Å². The molecule has 0 radical (unpaired) electrons. The van der Waals surface area contributed by atoms with Crippen LogP contribution in [-0.2, 0) is 20.9 Å². The Morgan fingerprint density at radius 3 is 2.26 bits per heavy atom. The van der Waals surface area contributed by atoms with Crippen molar-refractivity contribution in [1.29, 1.82) is 0 Å². The zero-order valence-electron chi connectivity index (χ0n) is 15.3. The summed E-state index contributed by atoms with van der Waals surface area (Å²) in [6, 6.07) is 6.57. The first-order valence-electron chi connectivity index (χ1n) is 8.51. The predicted octanol–water partition coefficient (Wildman–Crippen LogP) is -3.92. The van der Waals surface area contributed by atoms with Crippen molar-refractivity contribution < 1.29 is 53.8 Å². The van der Waals surface area contributed by atoms with Gasteiger partial charge in [-0.25, -0.2) is 0 Å². The molecule has 1 aliphatic rings. The Bertz CT molecular complexity index is 693. The molecule has 1 fully saturated rings. The van der Waals surface area contributed by atoms with Gasteiger partial charge in [0.2, 0.25) is 11.8 Å². The number of carboxylic acid groups (broad SMARTS) is 1. The third-order valence-corrected chi connectivity index (χ3v) is 4.48. The van der Waals surface area contributed by atoms with Crippen LogP contribution in [0.3, 0.4) is 0 Å².